The van der Waals surface area contributed by atoms with E-state index in [0.29, 0.717) is 0 Å². The molecule has 5 rings (SSSR count). The Balaban J connectivity index is 1.93. The van der Waals surface area contributed by atoms with Crippen LogP contribution in [0.2, 0.25) is 19.6 Å². The maximum atomic E-state index is 5.13. The number of hydrogen-bond donors (Lipinski definition) is 0. The van der Waals surface area contributed by atoms with Crippen LogP contribution in [0.5, 0.6) is 0 Å². The Morgan fingerprint density at radius 1 is 0.723 bits per heavy atom. The molecular weight excluding hydrogens is 591 g/mol. The first kappa shape index (κ1) is 34.7. The van der Waals surface area contributed by atoms with E-state index in [1.54, 1.807) is 0 Å². The average Bonchev–Trinajstić information content (AvgIpc) is 3.26. The van der Waals surface area contributed by atoms with Crippen LogP contribution >= 0.6 is 0 Å². The van der Waals surface area contributed by atoms with Crippen LogP contribution in [-0.4, -0.2) is 27.6 Å². The Morgan fingerprint density at radius 2 is 1.26 bits per heavy atom. The Hall–Kier alpha value is -3.64. The fourth-order valence-electron chi connectivity index (χ4n) is 6.30. The number of aryl methyl sites for hydroxylation is 2. The fraction of sp³-hybridized carbons (Fsp3) is 0.463. The summed E-state index contributed by atoms with van der Waals surface area (Å²) >= 11 is 0. The molecule has 0 saturated heterocycles. The van der Waals surface area contributed by atoms with Gasteiger partial charge in [0.15, 0.2) is 16.9 Å². The van der Waals surface area contributed by atoms with Gasteiger partial charge in [-0.1, -0.05) is 118 Å². The van der Waals surface area contributed by atoms with Gasteiger partial charge in [-0.3, -0.25) is 0 Å². The summed E-state index contributed by atoms with van der Waals surface area (Å²) in [5, 5.41) is 1.47. The molecule has 2 heterocycles. The van der Waals surface area contributed by atoms with E-state index < -0.39 is 8.07 Å². The first-order valence-corrected chi connectivity index (χ1v) is 20.8. The zero-order valence-corrected chi connectivity index (χ0v) is 32.6. The van der Waals surface area contributed by atoms with Crippen molar-refractivity contribution in [2.45, 2.75) is 118 Å². The van der Waals surface area contributed by atoms with E-state index in [-0.39, 0.29) is 22.7 Å². The van der Waals surface area contributed by atoms with Gasteiger partial charge < -0.3 is 0 Å². The number of nitrogens with zero attached hydrogens (tertiary/aromatic N) is 5. The van der Waals surface area contributed by atoms with Gasteiger partial charge in [0.2, 0.25) is 0 Å². The van der Waals surface area contributed by atoms with Gasteiger partial charge in [0.1, 0.15) is 17.3 Å². The summed E-state index contributed by atoms with van der Waals surface area (Å²) in [5.74, 6) is 4.15. The molecule has 0 aliphatic rings. The molecule has 0 spiro atoms. The van der Waals surface area contributed by atoms with E-state index in [4.69, 9.17) is 15.0 Å². The van der Waals surface area contributed by atoms with Gasteiger partial charge in [0, 0.05) is 27.5 Å². The highest BCUT2D eigenvalue weighted by Gasteiger charge is 2.34. The Bertz CT molecular complexity index is 1900. The molecule has 248 valence electrons. The third-order valence-corrected chi connectivity index (χ3v) is 11.3. The van der Waals surface area contributed by atoms with Crippen molar-refractivity contribution in [1.82, 2.24) is 19.5 Å². The zero-order chi connectivity index (χ0) is 34.8. The maximum absolute atomic E-state index is 5.13. The number of imidazole rings is 1. The van der Waals surface area contributed by atoms with Crippen molar-refractivity contribution >= 4 is 24.3 Å². The molecule has 0 bridgehead atoms. The van der Waals surface area contributed by atoms with Crippen molar-refractivity contribution < 1.29 is 4.57 Å². The summed E-state index contributed by atoms with van der Waals surface area (Å²) in [6.45, 7) is 31.8. The number of fused-ring (bicyclic) bond motifs is 1. The zero-order valence-electron chi connectivity index (χ0n) is 31.6. The molecule has 0 atom stereocenters. The van der Waals surface area contributed by atoms with Crippen LogP contribution in [0.4, 0.5) is 0 Å². The largest absolute Gasteiger partial charge is 0.295 e. The molecule has 0 unspecified atom stereocenters. The first-order valence-electron chi connectivity index (χ1n) is 17.3. The lowest BCUT2D eigenvalue weighted by Crippen LogP contribution is -2.38. The number of hydrogen-bond acceptors (Lipinski definition) is 3. The van der Waals surface area contributed by atoms with Crippen molar-refractivity contribution in [3.63, 3.8) is 0 Å². The molecule has 0 N–H and O–H groups in total. The van der Waals surface area contributed by atoms with Gasteiger partial charge >= 0.3 is 0 Å². The van der Waals surface area contributed by atoms with Crippen molar-refractivity contribution in [1.29, 1.82) is 0 Å². The third kappa shape index (κ3) is 6.58. The van der Waals surface area contributed by atoms with Crippen LogP contribution in [0.3, 0.4) is 0 Å². The van der Waals surface area contributed by atoms with Crippen LogP contribution in [0.1, 0.15) is 109 Å². The van der Waals surface area contributed by atoms with E-state index in [9.17, 15) is 0 Å². The normalized spacial score (nSPS) is 13.0. The molecule has 0 saturated carbocycles. The van der Waals surface area contributed by atoms with E-state index in [1.807, 2.05) is 0 Å². The van der Waals surface area contributed by atoms with E-state index in [2.05, 4.69) is 167 Å². The lowest BCUT2D eigenvalue weighted by molar-refractivity contribution is -0.557. The monoisotopic (exact) mass is 646 g/mol. The quantitative estimate of drug-likeness (QED) is 0.136. The predicted octanol–water partition coefficient (Wildman–Crippen LogP) is 9.67. The second-order valence-electron chi connectivity index (χ2n) is 17.1. The molecule has 0 radical (unpaired) electrons. The van der Waals surface area contributed by atoms with Gasteiger partial charge in [-0.25, -0.2) is 19.5 Å². The van der Waals surface area contributed by atoms with Gasteiger partial charge in [0.25, 0.3) is 5.82 Å². The van der Waals surface area contributed by atoms with E-state index >= 15 is 0 Å². The molecule has 5 nitrogen and oxygen atoms in total. The van der Waals surface area contributed by atoms with Gasteiger partial charge in [-0.2, -0.15) is 4.57 Å². The molecule has 0 aliphatic heterocycles. The molecule has 5 aromatic rings. The van der Waals surface area contributed by atoms with Crippen molar-refractivity contribution in [2.75, 3.05) is 0 Å². The molecule has 0 amide bonds. The van der Waals surface area contributed by atoms with E-state index in [0.717, 1.165) is 23.0 Å². The van der Waals surface area contributed by atoms with Crippen LogP contribution in [-0.2, 0) is 17.9 Å². The minimum absolute atomic E-state index is 0.199. The van der Waals surface area contributed by atoms with Gasteiger partial charge in [0.05, 0.1) is 20.7 Å². The number of benzene rings is 3. The molecule has 47 heavy (non-hydrogen) atoms. The Morgan fingerprint density at radius 3 is 1.72 bits per heavy atom. The van der Waals surface area contributed by atoms with Crippen molar-refractivity contribution in [3.05, 3.63) is 82.9 Å². The molecule has 0 aliphatic carbocycles. The van der Waals surface area contributed by atoms with Crippen molar-refractivity contribution in [3.8, 4) is 28.5 Å². The minimum atomic E-state index is -1.53. The van der Waals surface area contributed by atoms with Crippen LogP contribution < -0.4 is 9.75 Å². The molecule has 0 fully saturated rings. The maximum Gasteiger partial charge on any atom is 0.295 e. The molecule has 2 aromatic heterocycles. The van der Waals surface area contributed by atoms with Crippen LogP contribution in [0.25, 0.3) is 39.5 Å². The molecular formula is C41H56N5Si+. The Labute approximate surface area is 284 Å². The standard InChI is InChI=1S/C41H56N5Si/c1-25(2)31-22-28(36-42-38(40(6,7)8)44-39(43-36)41(9,10)11)23-32(26(3)4)35(31)46-33-21-20-29(47(13,14)15)24-34(33)45(12)37(46)30-19-17-16-18-27(30)5/h16-26H,1-15H3/q+1. The smallest absolute Gasteiger partial charge is 0.225 e. The SMILES string of the molecule is Cc1ccccc1-c1n(C)c2cc([Si](C)(C)C)ccc2[n+]1-c1c(C(C)C)cc(-c2nc(C(C)(C)C)nc(C(C)(C)C)n2)cc1C(C)C. The fourth-order valence-corrected chi connectivity index (χ4v) is 7.45. The summed E-state index contributed by atoms with van der Waals surface area (Å²) in [6, 6.07) is 20.7. The van der Waals surface area contributed by atoms with Gasteiger partial charge in [-0.05, 0) is 54.7 Å². The summed E-state index contributed by atoms with van der Waals surface area (Å²) in [6.07, 6.45) is 0. The average molecular weight is 647 g/mol. The summed E-state index contributed by atoms with van der Waals surface area (Å²) in [4.78, 5) is 15.2. The lowest BCUT2D eigenvalue weighted by atomic mass is 9.89. The summed E-state index contributed by atoms with van der Waals surface area (Å²) < 4.78 is 4.97. The summed E-state index contributed by atoms with van der Waals surface area (Å²) in [5.41, 5.74) is 9.52. The highest BCUT2D eigenvalue weighted by molar-refractivity contribution is 6.88. The topological polar surface area (TPSA) is 47.5 Å². The van der Waals surface area contributed by atoms with Crippen LogP contribution in [0.15, 0.2) is 54.6 Å². The highest BCUT2D eigenvalue weighted by Crippen LogP contribution is 2.37. The Kier molecular flexibility index (Phi) is 8.93. The predicted molar refractivity (Wildman–Crippen MR) is 202 cm³/mol. The number of aromatic nitrogens is 5. The second kappa shape index (κ2) is 12.1. The van der Waals surface area contributed by atoms with Gasteiger partial charge in [-0.15, -0.1) is 0 Å². The first-order chi connectivity index (χ1) is 21.7. The minimum Gasteiger partial charge on any atom is -0.225 e. The molecule has 6 heteroatoms. The summed E-state index contributed by atoms with van der Waals surface area (Å²) in [7, 11) is 0.704. The second-order valence-corrected chi connectivity index (χ2v) is 22.2. The molecule has 3 aromatic carbocycles. The number of rotatable bonds is 6. The third-order valence-electron chi connectivity index (χ3n) is 9.23. The lowest BCUT2D eigenvalue weighted by Gasteiger charge is -2.24. The van der Waals surface area contributed by atoms with Crippen LogP contribution in [0, 0.1) is 6.92 Å². The highest BCUT2D eigenvalue weighted by atomic mass is 28.3. The van der Waals surface area contributed by atoms with E-state index in [1.165, 1.54) is 50.0 Å². The van der Waals surface area contributed by atoms with Crippen molar-refractivity contribution in [2.24, 2.45) is 7.05 Å².